The number of hydrogen-bond donors (Lipinski definition) is 1. The van der Waals surface area contributed by atoms with Crippen LogP contribution in [0.15, 0.2) is 34.9 Å². The van der Waals surface area contributed by atoms with Crippen molar-refractivity contribution in [3.8, 4) is 5.69 Å². The molecule has 0 spiro atoms. The van der Waals surface area contributed by atoms with E-state index in [9.17, 15) is 4.39 Å². The van der Waals surface area contributed by atoms with Crippen molar-refractivity contribution < 1.29 is 4.39 Å². The van der Waals surface area contributed by atoms with E-state index < -0.39 is 0 Å². The molecule has 0 aliphatic heterocycles. The Morgan fingerprint density at radius 3 is 2.61 bits per heavy atom. The number of thioether (sulfide) groups is 1. The third-order valence-corrected chi connectivity index (χ3v) is 5.22. The largest absolute Gasteiger partial charge is 0.324 e. The second-order valence-electron chi connectivity index (χ2n) is 4.56. The molecule has 0 bridgehead atoms. The van der Waals surface area contributed by atoms with Gasteiger partial charge in [-0.1, -0.05) is 11.8 Å². The number of rotatable bonds is 5. The molecule has 0 saturated carbocycles. The van der Waals surface area contributed by atoms with E-state index >= 15 is 0 Å². The molecular weight excluding hydrogens is 357 g/mol. The van der Waals surface area contributed by atoms with Gasteiger partial charge in [0.1, 0.15) is 5.82 Å². The SMILES string of the molecule is Cc1ncsc1CSc1nnc(CN)n1-c1ccc(F)cc1.Cl. The molecule has 1 aromatic carbocycles. The second-order valence-corrected chi connectivity index (χ2v) is 6.45. The molecule has 23 heavy (non-hydrogen) atoms. The molecule has 3 aromatic rings. The molecule has 0 aliphatic rings. The maximum atomic E-state index is 13.1. The number of hydrogen-bond acceptors (Lipinski definition) is 6. The molecule has 9 heteroatoms. The van der Waals surface area contributed by atoms with Gasteiger partial charge < -0.3 is 5.73 Å². The normalized spacial score (nSPS) is 10.6. The van der Waals surface area contributed by atoms with Gasteiger partial charge in [-0.3, -0.25) is 4.57 Å². The number of aromatic nitrogens is 4. The van der Waals surface area contributed by atoms with Crippen molar-refractivity contribution in [2.45, 2.75) is 24.4 Å². The van der Waals surface area contributed by atoms with Gasteiger partial charge in [0.15, 0.2) is 11.0 Å². The first-order valence-corrected chi connectivity index (χ1v) is 8.47. The highest BCUT2D eigenvalue weighted by atomic mass is 35.5. The second kappa shape index (κ2) is 7.87. The van der Waals surface area contributed by atoms with Crippen molar-refractivity contribution in [1.82, 2.24) is 19.7 Å². The fourth-order valence-corrected chi connectivity index (χ4v) is 3.89. The number of benzene rings is 1. The van der Waals surface area contributed by atoms with Crippen LogP contribution < -0.4 is 5.73 Å². The minimum absolute atomic E-state index is 0. The Kier molecular flexibility index (Phi) is 6.11. The van der Waals surface area contributed by atoms with Gasteiger partial charge in [0.05, 0.1) is 17.7 Å². The lowest BCUT2D eigenvalue weighted by atomic mass is 10.3. The lowest BCUT2D eigenvalue weighted by molar-refractivity contribution is 0.627. The fraction of sp³-hybridized carbons (Fsp3) is 0.214. The van der Waals surface area contributed by atoms with Crippen LogP contribution in [0, 0.1) is 12.7 Å². The zero-order valence-electron chi connectivity index (χ0n) is 12.3. The number of nitrogens with zero attached hydrogens (tertiary/aromatic N) is 4. The third kappa shape index (κ3) is 3.89. The first-order valence-electron chi connectivity index (χ1n) is 6.61. The van der Waals surface area contributed by atoms with Crippen LogP contribution in [-0.2, 0) is 12.3 Å². The van der Waals surface area contributed by atoms with Crippen LogP contribution in [0.3, 0.4) is 0 Å². The van der Waals surface area contributed by atoms with Gasteiger partial charge in [-0.25, -0.2) is 9.37 Å². The molecule has 0 aliphatic carbocycles. The molecule has 0 fully saturated rings. The van der Waals surface area contributed by atoms with Crippen LogP contribution >= 0.6 is 35.5 Å². The van der Waals surface area contributed by atoms with E-state index in [-0.39, 0.29) is 24.8 Å². The maximum absolute atomic E-state index is 13.1. The number of aryl methyl sites for hydroxylation is 1. The average Bonchev–Trinajstić information content (AvgIpc) is 3.12. The van der Waals surface area contributed by atoms with E-state index in [0.717, 1.165) is 22.3 Å². The van der Waals surface area contributed by atoms with E-state index in [0.29, 0.717) is 5.82 Å². The van der Waals surface area contributed by atoms with Crippen LogP contribution in [0.2, 0.25) is 0 Å². The van der Waals surface area contributed by atoms with Crippen molar-refractivity contribution in [3.05, 3.63) is 52.0 Å². The predicted octanol–water partition coefficient (Wildman–Crippen LogP) is 3.34. The van der Waals surface area contributed by atoms with Crippen molar-refractivity contribution in [1.29, 1.82) is 0 Å². The third-order valence-electron chi connectivity index (χ3n) is 3.14. The highest BCUT2D eigenvalue weighted by Gasteiger charge is 2.14. The summed E-state index contributed by atoms with van der Waals surface area (Å²) < 4.78 is 15.0. The van der Waals surface area contributed by atoms with Crippen molar-refractivity contribution in [2.75, 3.05) is 0 Å². The first-order chi connectivity index (χ1) is 10.7. The lowest BCUT2D eigenvalue weighted by Gasteiger charge is -2.09. The lowest BCUT2D eigenvalue weighted by Crippen LogP contribution is -2.07. The highest BCUT2D eigenvalue weighted by Crippen LogP contribution is 2.27. The Labute approximate surface area is 147 Å². The van der Waals surface area contributed by atoms with Gasteiger partial charge in [-0.05, 0) is 31.2 Å². The maximum Gasteiger partial charge on any atom is 0.196 e. The number of thiazole rings is 1. The molecule has 0 atom stereocenters. The summed E-state index contributed by atoms with van der Waals surface area (Å²) in [7, 11) is 0. The van der Waals surface area contributed by atoms with Gasteiger partial charge >= 0.3 is 0 Å². The van der Waals surface area contributed by atoms with Crippen molar-refractivity contribution >= 4 is 35.5 Å². The highest BCUT2D eigenvalue weighted by molar-refractivity contribution is 7.98. The zero-order chi connectivity index (χ0) is 15.5. The van der Waals surface area contributed by atoms with E-state index in [1.54, 1.807) is 35.2 Å². The summed E-state index contributed by atoms with van der Waals surface area (Å²) in [6, 6.07) is 6.22. The molecule has 0 saturated heterocycles. The van der Waals surface area contributed by atoms with Crippen LogP contribution in [0.1, 0.15) is 16.4 Å². The quantitative estimate of drug-likeness (QED) is 0.696. The molecular formula is C14H15ClFN5S2. The molecule has 0 radical (unpaired) electrons. The molecule has 5 nitrogen and oxygen atoms in total. The fourth-order valence-electron chi connectivity index (χ4n) is 1.97. The van der Waals surface area contributed by atoms with E-state index in [1.165, 1.54) is 17.0 Å². The summed E-state index contributed by atoms with van der Waals surface area (Å²) in [5.41, 5.74) is 9.40. The van der Waals surface area contributed by atoms with Crippen LogP contribution in [0.25, 0.3) is 5.69 Å². The first kappa shape index (κ1) is 17.9. The Bertz CT molecular complexity index is 772. The van der Waals surface area contributed by atoms with Gasteiger partial charge in [0.2, 0.25) is 0 Å². The molecule has 2 N–H and O–H groups in total. The van der Waals surface area contributed by atoms with Crippen LogP contribution in [0.5, 0.6) is 0 Å². The molecule has 3 rings (SSSR count). The molecule has 0 unspecified atom stereocenters. The van der Waals surface area contributed by atoms with E-state index in [2.05, 4.69) is 15.2 Å². The number of nitrogens with two attached hydrogens (primary N) is 1. The van der Waals surface area contributed by atoms with Crippen LogP contribution in [0.4, 0.5) is 4.39 Å². The number of halogens is 2. The standard InChI is InChI=1S/C14H14FN5S2.ClH/c1-9-12(22-8-17-9)7-21-14-19-18-13(6-16)20(14)11-4-2-10(15)3-5-11;/h2-5,8H,6-7,16H2,1H3;1H. The summed E-state index contributed by atoms with van der Waals surface area (Å²) >= 11 is 3.19. The van der Waals surface area contributed by atoms with Crippen molar-refractivity contribution in [3.63, 3.8) is 0 Å². The van der Waals surface area contributed by atoms with E-state index in [1.807, 2.05) is 17.0 Å². The molecule has 2 aromatic heterocycles. The summed E-state index contributed by atoms with van der Waals surface area (Å²) in [6.07, 6.45) is 0. The summed E-state index contributed by atoms with van der Waals surface area (Å²) in [5.74, 6) is 1.14. The van der Waals surface area contributed by atoms with Gasteiger partial charge in [0.25, 0.3) is 0 Å². The molecule has 0 amide bonds. The molecule has 2 heterocycles. The Morgan fingerprint density at radius 2 is 2.00 bits per heavy atom. The topological polar surface area (TPSA) is 69.6 Å². The minimum Gasteiger partial charge on any atom is -0.324 e. The molecule has 122 valence electrons. The Morgan fingerprint density at radius 1 is 1.26 bits per heavy atom. The van der Waals surface area contributed by atoms with Gasteiger partial charge in [-0.15, -0.1) is 33.9 Å². The Balaban J connectivity index is 0.00000192. The zero-order valence-corrected chi connectivity index (χ0v) is 14.7. The van der Waals surface area contributed by atoms with Crippen molar-refractivity contribution in [2.24, 2.45) is 5.73 Å². The monoisotopic (exact) mass is 371 g/mol. The van der Waals surface area contributed by atoms with Gasteiger partial charge in [0, 0.05) is 16.3 Å². The Hall–Kier alpha value is -1.48. The average molecular weight is 372 g/mol. The summed E-state index contributed by atoms with van der Waals surface area (Å²) in [5, 5.41) is 9.05. The van der Waals surface area contributed by atoms with Crippen LogP contribution in [-0.4, -0.2) is 19.7 Å². The minimum atomic E-state index is -0.277. The van der Waals surface area contributed by atoms with Gasteiger partial charge in [-0.2, -0.15) is 0 Å². The predicted molar refractivity (Wildman–Crippen MR) is 92.9 cm³/mol. The smallest absolute Gasteiger partial charge is 0.196 e. The van der Waals surface area contributed by atoms with E-state index in [4.69, 9.17) is 5.73 Å². The summed E-state index contributed by atoms with van der Waals surface area (Å²) in [4.78, 5) is 5.44. The summed E-state index contributed by atoms with van der Waals surface area (Å²) in [6.45, 7) is 2.26.